The van der Waals surface area contributed by atoms with Crippen molar-refractivity contribution < 1.29 is 19.5 Å². The summed E-state index contributed by atoms with van der Waals surface area (Å²) >= 11 is 0. The van der Waals surface area contributed by atoms with Crippen LogP contribution in [0.4, 0.5) is 0 Å². The summed E-state index contributed by atoms with van der Waals surface area (Å²) in [6.07, 6.45) is 5.77. The molecule has 1 unspecified atom stereocenters. The summed E-state index contributed by atoms with van der Waals surface area (Å²) in [4.78, 5) is 17.2. The molecule has 1 aliphatic heterocycles. The van der Waals surface area contributed by atoms with E-state index in [0.29, 0.717) is 12.5 Å². The number of esters is 1. The zero-order valence-electron chi connectivity index (χ0n) is 11.1. The van der Waals surface area contributed by atoms with E-state index >= 15 is 0 Å². The Morgan fingerprint density at radius 3 is 2.72 bits per heavy atom. The Kier molecular flexibility index (Phi) is 4.25. The number of aliphatic hydroxyl groups is 1. The molecule has 1 saturated carbocycles. The van der Waals surface area contributed by atoms with Crippen molar-refractivity contribution in [3.63, 3.8) is 0 Å². The predicted molar refractivity (Wildman–Crippen MR) is 65.3 cm³/mol. The first-order chi connectivity index (χ1) is 8.56. The van der Waals surface area contributed by atoms with Gasteiger partial charge in [0, 0.05) is 0 Å². The van der Waals surface area contributed by atoms with Gasteiger partial charge in [-0.15, -0.1) is 0 Å². The molecular formula is C13H23NO4. The van der Waals surface area contributed by atoms with Crippen molar-refractivity contribution >= 4 is 5.97 Å². The molecule has 2 fully saturated rings. The lowest BCUT2D eigenvalue weighted by molar-refractivity contribution is -0.213. The molecule has 2 N–H and O–H groups in total. The number of nitrogens with one attached hydrogen (secondary N) is 1. The van der Waals surface area contributed by atoms with Gasteiger partial charge < -0.3 is 9.84 Å². The highest BCUT2D eigenvalue weighted by Gasteiger charge is 2.53. The number of hydroxylamine groups is 1. The van der Waals surface area contributed by atoms with Crippen LogP contribution in [0.2, 0.25) is 0 Å². The summed E-state index contributed by atoms with van der Waals surface area (Å²) in [6.45, 7) is 3.61. The summed E-state index contributed by atoms with van der Waals surface area (Å²) < 4.78 is 5.06. The number of carbonyl (C=O) groups is 1. The summed E-state index contributed by atoms with van der Waals surface area (Å²) in [5.41, 5.74) is 2.86. The van der Waals surface area contributed by atoms with Crippen molar-refractivity contribution in [2.45, 2.75) is 57.8 Å². The van der Waals surface area contributed by atoms with Crippen LogP contribution in [0, 0.1) is 11.8 Å². The first kappa shape index (κ1) is 13.8. The van der Waals surface area contributed by atoms with Crippen molar-refractivity contribution in [1.82, 2.24) is 5.48 Å². The Morgan fingerprint density at radius 1 is 1.44 bits per heavy atom. The van der Waals surface area contributed by atoms with Crippen LogP contribution in [0.5, 0.6) is 0 Å². The summed E-state index contributed by atoms with van der Waals surface area (Å²) in [5.74, 6) is -2.11. The molecule has 0 spiro atoms. The van der Waals surface area contributed by atoms with Crippen molar-refractivity contribution in [2.75, 3.05) is 6.61 Å². The highest BCUT2D eigenvalue weighted by atomic mass is 16.8. The first-order valence-corrected chi connectivity index (χ1v) is 6.89. The second-order valence-corrected chi connectivity index (χ2v) is 5.43. The molecule has 18 heavy (non-hydrogen) atoms. The van der Waals surface area contributed by atoms with E-state index in [0.717, 1.165) is 12.8 Å². The van der Waals surface area contributed by atoms with Crippen LogP contribution in [0.25, 0.3) is 0 Å². The summed E-state index contributed by atoms with van der Waals surface area (Å²) in [5, 5.41) is 10.2. The molecule has 1 heterocycles. The topological polar surface area (TPSA) is 67.8 Å². The predicted octanol–water partition coefficient (Wildman–Crippen LogP) is 1.36. The van der Waals surface area contributed by atoms with Gasteiger partial charge in [0.25, 0.3) is 0 Å². The Morgan fingerprint density at radius 2 is 2.11 bits per heavy atom. The average molecular weight is 257 g/mol. The maximum Gasteiger partial charge on any atom is 0.316 e. The maximum absolute atomic E-state index is 12.0. The molecule has 2 rings (SSSR count). The van der Waals surface area contributed by atoms with E-state index in [1.54, 1.807) is 6.92 Å². The lowest BCUT2D eigenvalue weighted by atomic mass is 9.77. The minimum Gasteiger partial charge on any atom is -0.466 e. The van der Waals surface area contributed by atoms with Gasteiger partial charge in [0.15, 0.2) is 5.79 Å². The van der Waals surface area contributed by atoms with Crippen LogP contribution in [-0.4, -0.2) is 29.5 Å². The van der Waals surface area contributed by atoms with Crippen LogP contribution >= 0.6 is 0 Å². The smallest absolute Gasteiger partial charge is 0.316 e. The fourth-order valence-corrected chi connectivity index (χ4v) is 3.11. The first-order valence-electron chi connectivity index (χ1n) is 6.89. The highest BCUT2D eigenvalue weighted by Crippen LogP contribution is 2.38. The van der Waals surface area contributed by atoms with Gasteiger partial charge >= 0.3 is 5.97 Å². The molecule has 3 atom stereocenters. The van der Waals surface area contributed by atoms with E-state index < -0.39 is 11.7 Å². The fourth-order valence-electron chi connectivity index (χ4n) is 3.11. The van der Waals surface area contributed by atoms with E-state index in [1.807, 2.05) is 0 Å². The number of carbonyl (C=O) groups excluding carboxylic acids is 1. The van der Waals surface area contributed by atoms with Gasteiger partial charge in [0.2, 0.25) is 0 Å². The normalized spacial score (nSPS) is 37.7. The zero-order valence-corrected chi connectivity index (χ0v) is 11.1. The minimum absolute atomic E-state index is 0.139. The second kappa shape index (κ2) is 5.55. The van der Waals surface area contributed by atoms with E-state index in [9.17, 15) is 9.90 Å². The molecule has 1 aliphatic carbocycles. The SMILES string of the molecule is CCOC(=O)[C@H]1[C@H](C2CCCCC2)NOC1(C)O. The van der Waals surface area contributed by atoms with Crippen LogP contribution < -0.4 is 5.48 Å². The monoisotopic (exact) mass is 257 g/mol. The molecular weight excluding hydrogens is 234 g/mol. The molecule has 1 saturated heterocycles. The van der Waals surface area contributed by atoms with E-state index in [-0.39, 0.29) is 12.0 Å². The van der Waals surface area contributed by atoms with Gasteiger partial charge in [-0.1, -0.05) is 19.3 Å². The zero-order chi connectivity index (χ0) is 13.2. The van der Waals surface area contributed by atoms with Gasteiger partial charge in [-0.2, -0.15) is 5.48 Å². The molecule has 5 heteroatoms. The third-order valence-corrected chi connectivity index (χ3v) is 4.04. The lowest BCUT2D eigenvalue weighted by Gasteiger charge is -2.31. The molecule has 2 aliphatic rings. The largest absolute Gasteiger partial charge is 0.466 e. The van der Waals surface area contributed by atoms with Crippen molar-refractivity contribution in [3.05, 3.63) is 0 Å². The van der Waals surface area contributed by atoms with E-state index in [1.165, 1.54) is 26.2 Å². The average Bonchev–Trinajstić information content (AvgIpc) is 2.66. The molecule has 0 amide bonds. The molecule has 104 valence electrons. The van der Waals surface area contributed by atoms with Crippen LogP contribution in [0.1, 0.15) is 46.0 Å². The Hall–Kier alpha value is -0.650. The van der Waals surface area contributed by atoms with Gasteiger partial charge in [0.05, 0.1) is 12.6 Å². The fraction of sp³-hybridized carbons (Fsp3) is 0.923. The van der Waals surface area contributed by atoms with Gasteiger partial charge in [-0.25, -0.2) is 0 Å². The number of hydrogen-bond donors (Lipinski definition) is 2. The molecule has 5 nitrogen and oxygen atoms in total. The summed E-state index contributed by atoms with van der Waals surface area (Å²) in [6, 6.07) is -0.139. The lowest BCUT2D eigenvalue weighted by Crippen LogP contribution is -2.45. The van der Waals surface area contributed by atoms with Gasteiger partial charge in [-0.3, -0.25) is 9.63 Å². The third-order valence-electron chi connectivity index (χ3n) is 4.04. The van der Waals surface area contributed by atoms with Gasteiger partial charge in [0.1, 0.15) is 5.92 Å². The van der Waals surface area contributed by atoms with Crippen molar-refractivity contribution in [1.29, 1.82) is 0 Å². The third kappa shape index (κ3) is 2.68. The van der Waals surface area contributed by atoms with E-state index in [4.69, 9.17) is 9.57 Å². The number of ether oxygens (including phenoxy) is 1. The van der Waals surface area contributed by atoms with Gasteiger partial charge in [-0.05, 0) is 32.6 Å². The number of rotatable bonds is 3. The number of hydrogen-bond acceptors (Lipinski definition) is 5. The van der Waals surface area contributed by atoms with Crippen LogP contribution in [0.15, 0.2) is 0 Å². The van der Waals surface area contributed by atoms with Crippen molar-refractivity contribution in [2.24, 2.45) is 11.8 Å². The second-order valence-electron chi connectivity index (χ2n) is 5.43. The molecule has 0 bridgehead atoms. The van der Waals surface area contributed by atoms with E-state index in [2.05, 4.69) is 5.48 Å². The van der Waals surface area contributed by atoms with Crippen molar-refractivity contribution in [3.8, 4) is 0 Å². The molecule has 0 aromatic heterocycles. The standard InChI is InChI=1S/C13H23NO4/c1-3-17-12(15)10-11(14-18-13(10,2)16)9-7-5-4-6-8-9/h9-11,14,16H,3-8H2,1-2H3/t10-,11+,13?/m1/s1. The quantitative estimate of drug-likeness (QED) is 0.747. The Labute approximate surface area is 108 Å². The molecule has 0 radical (unpaired) electrons. The minimum atomic E-state index is -1.48. The van der Waals surface area contributed by atoms with Crippen LogP contribution in [0.3, 0.4) is 0 Å². The molecule has 0 aromatic carbocycles. The highest BCUT2D eigenvalue weighted by molar-refractivity contribution is 5.74. The molecule has 0 aromatic rings. The van der Waals surface area contributed by atoms with Crippen LogP contribution in [-0.2, 0) is 14.4 Å². The maximum atomic E-state index is 12.0. The Bertz CT molecular complexity index is 299. The Balaban J connectivity index is 2.10. The summed E-state index contributed by atoms with van der Waals surface area (Å²) in [7, 11) is 0.